The van der Waals surface area contributed by atoms with E-state index in [2.05, 4.69) is 21.4 Å². The number of rotatable bonds is 4. The quantitative estimate of drug-likeness (QED) is 0.501. The molecule has 144 valence electrons. The van der Waals surface area contributed by atoms with E-state index >= 15 is 0 Å². The Balaban J connectivity index is 1.39. The molecular formula is C24H21N3O2. The molecule has 5 heteroatoms. The lowest BCUT2D eigenvalue weighted by atomic mass is 10.00. The molecule has 2 aromatic carbocycles. The molecule has 5 rings (SSSR count). The van der Waals surface area contributed by atoms with E-state index in [4.69, 9.17) is 0 Å². The van der Waals surface area contributed by atoms with Crippen LogP contribution in [0.2, 0.25) is 0 Å². The van der Waals surface area contributed by atoms with E-state index in [0.29, 0.717) is 5.56 Å². The number of hydrogen-bond donors (Lipinski definition) is 3. The molecule has 0 radical (unpaired) electrons. The molecule has 29 heavy (non-hydrogen) atoms. The number of aliphatic hydroxyl groups is 1. The molecule has 1 amide bonds. The maximum absolute atomic E-state index is 12.9. The fraction of sp³-hybridized carbons (Fsp3) is 0.167. The van der Waals surface area contributed by atoms with Gasteiger partial charge in [-0.25, -0.2) is 4.98 Å². The molecule has 3 N–H and O–H groups in total. The summed E-state index contributed by atoms with van der Waals surface area (Å²) in [5, 5.41) is 13.9. The van der Waals surface area contributed by atoms with Crippen molar-refractivity contribution in [1.82, 2.24) is 15.3 Å². The van der Waals surface area contributed by atoms with Crippen LogP contribution in [0.25, 0.3) is 22.2 Å². The van der Waals surface area contributed by atoms with Gasteiger partial charge in [0.05, 0.1) is 6.04 Å². The second-order valence-corrected chi connectivity index (χ2v) is 7.47. The molecule has 0 saturated carbocycles. The highest BCUT2D eigenvalue weighted by Crippen LogP contribution is 2.36. The number of benzene rings is 2. The zero-order valence-corrected chi connectivity index (χ0v) is 15.8. The molecule has 0 aliphatic heterocycles. The van der Waals surface area contributed by atoms with E-state index < -0.39 is 0 Å². The van der Waals surface area contributed by atoms with Crippen molar-refractivity contribution >= 4 is 16.9 Å². The Hall–Kier alpha value is -3.44. The van der Waals surface area contributed by atoms with Gasteiger partial charge in [0.2, 0.25) is 0 Å². The van der Waals surface area contributed by atoms with Gasteiger partial charge in [-0.15, -0.1) is 0 Å². The second kappa shape index (κ2) is 7.18. The van der Waals surface area contributed by atoms with Crippen molar-refractivity contribution in [2.45, 2.75) is 12.5 Å². The number of nitrogens with zero attached hydrogens (tertiary/aromatic N) is 1. The van der Waals surface area contributed by atoms with Crippen LogP contribution in [-0.4, -0.2) is 27.6 Å². The number of H-pyrrole nitrogens is 1. The van der Waals surface area contributed by atoms with Gasteiger partial charge < -0.3 is 15.4 Å². The molecule has 1 aliphatic rings. The minimum Gasteiger partial charge on any atom is -0.396 e. The van der Waals surface area contributed by atoms with Gasteiger partial charge in [-0.1, -0.05) is 36.4 Å². The van der Waals surface area contributed by atoms with E-state index in [-0.39, 0.29) is 24.5 Å². The van der Waals surface area contributed by atoms with Crippen LogP contribution >= 0.6 is 0 Å². The van der Waals surface area contributed by atoms with Crippen LogP contribution in [0.15, 0.2) is 73.1 Å². The first-order valence-corrected chi connectivity index (χ1v) is 9.76. The van der Waals surface area contributed by atoms with Crippen molar-refractivity contribution in [3.8, 4) is 11.1 Å². The zero-order valence-electron chi connectivity index (χ0n) is 15.8. The highest BCUT2D eigenvalue weighted by molar-refractivity contribution is 5.97. The molecule has 0 spiro atoms. The second-order valence-electron chi connectivity index (χ2n) is 7.47. The molecule has 2 unspecified atom stereocenters. The molecule has 4 aromatic rings. The van der Waals surface area contributed by atoms with Gasteiger partial charge in [0.25, 0.3) is 5.91 Å². The van der Waals surface area contributed by atoms with Crippen LogP contribution < -0.4 is 5.32 Å². The van der Waals surface area contributed by atoms with E-state index in [0.717, 1.165) is 34.1 Å². The average molecular weight is 383 g/mol. The van der Waals surface area contributed by atoms with Crippen LogP contribution in [0.4, 0.5) is 0 Å². The molecule has 0 bridgehead atoms. The third-order valence-electron chi connectivity index (χ3n) is 5.78. The first-order chi connectivity index (χ1) is 14.2. The van der Waals surface area contributed by atoms with Crippen molar-refractivity contribution < 1.29 is 9.90 Å². The van der Waals surface area contributed by atoms with Crippen molar-refractivity contribution in [2.75, 3.05) is 6.61 Å². The van der Waals surface area contributed by atoms with Gasteiger partial charge in [0.15, 0.2) is 0 Å². The predicted octanol–water partition coefficient (Wildman–Crippen LogP) is 3.87. The number of nitrogens with one attached hydrogen (secondary N) is 2. The average Bonchev–Trinajstić information content (AvgIpc) is 3.38. The monoisotopic (exact) mass is 383 g/mol. The van der Waals surface area contributed by atoms with Crippen molar-refractivity contribution in [2.24, 2.45) is 5.92 Å². The summed E-state index contributed by atoms with van der Waals surface area (Å²) >= 11 is 0. The summed E-state index contributed by atoms with van der Waals surface area (Å²) in [6, 6.07) is 19.5. The number of carbonyl (C=O) groups is 1. The Morgan fingerprint density at radius 2 is 1.93 bits per heavy atom. The number of aliphatic hydroxyl groups excluding tert-OH is 1. The molecule has 1 aliphatic carbocycles. The first kappa shape index (κ1) is 17.6. The number of carbonyl (C=O) groups excluding carboxylic acids is 1. The van der Waals surface area contributed by atoms with Crippen LogP contribution in [0.5, 0.6) is 0 Å². The van der Waals surface area contributed by atoms with Crippen LogP contribution in [0, 0.1) is 5.92 Å². The van der Waals surface area contributed by atoms with E-state index in [1.54, 1.807) is 6.20 Å². The maximum Gasteiger partial charge on any atom is 0.251 e. The van der Waals surface area contributed by atoms with E-state index in [1.807, 2.05) is 60.8 Å². The fourth-order valence-electron chi connectivity index (χ4n) is 4.28. The topological polar surface area (TPSA) is 78.0 Å². The third kappa shape index (κ3) is 3.09. The lowest BCUT2D eigenvalue weighted by Crippen LogP contribution is -2.32. The van der Waals surface area contributed by atoms with Gasteiger partial charge in [0.1, 0.15) is 5.65 Å². The van der Waals surface area contributed by atoms with Gasteiger partial charge in [-0.3, -0.25) is 4.79 Å². The van der Waals surface area contributed by atoms with Crippen LogP contribution in [0.1, 0.15) is 27.5 Å². The summed E-state index contributed by atoms with van der Waals surface area (Å²) in [6.07, 6.45) is 4.44. The maximum atomic E-state index is 12.9. The number of aromatic nitrogens is 2. The van der Waals surface area contributed by atoms with Gasteiger partial charge in [-0.05, 0) is 52.9 Å². The number of pyridine rings is 1. The highest BCUT2D eigenvalue weighted by Gasteiger charge is 2.32. The minimum atomic E-state index is -0.164. The van der Waals surface area contributed by atoms with Crippen molar-refractivity contribution in [1.29, 1.82) is 0 Å². The number of aromatic amines is 1. The summed E-state index contributed by atoms with van der Waals surface area (Å²) in [7, 11) is 0. The first-order valence-electron chi connectivity index (χ1n) is 9.76. The van der Waals surface area contributed by atoms with Gasteiger partial charge in [0, 0.05) is 35.9 Å². The smallest absolute Gasteiger partial charge is 0.251 e. The van der Waals surface area contributed by atoms with Crippen molar-refractivity contribution in [3.05, 3.63) is 89.7 Å². The van der Waals surface area contributed by atoms with Crippen LogP contribution in [0.3, 0.4) is 0 Å². The minimum absolute atomic E-state index is 0.00863. The molecule has 0 saturated heterocycles. The summed E-state index contributed by atoms with van der Waals surface area (Å²) in [5.74, 6) is -0.118. The largest absolute Gasteiger partial charge is 0.396 e. The summed E-state index contributed by atoms with van der Waals surface area (Å²) < 4.78 is 0. The Morgan fingerprint density at radius 1 is 1.10 bits per heavy atom. The van der Waals surface area contributed by atoms with Crippen LogP contribution in [-0.2, 0) is 6.42 Å². The van der Waals surface area contributed by atoms with E-state index in [9.17, 15) is 9.90 Å². The fourth-order valence-corrected chi connectivity index (χ4v) is 4.28. The molecule has 5 nitrogen and oxygen atoms in total. The standard InChI is InChI=1S/C24H21N3O2/c28-14-18-13-17-3-1-2-4-20(17)22(18)27-24(29)16-7-5-15(6-8-16)19-9-11-25-23-21(19)10-12-26-23/h1-12,18,22,28H,13-14H2,(H,25,26)(H,27,29). The predicted molar refractivity (Wildman–Crippen MR) is 112 cm³/mol. The summed E-state index contributed by atoms with van der Waals surface area (Å²) in [6.45, 7) is 0.0489. The van der Waals surface area contributed by atoms with Crippen molar-refractivity contribution in [3.63, 3.8) is 0 Å². The summed E-state index contributed by atoms with van der Waals surface area (Å²) in [4.78, 5) is 20.3. The van der Waals surface area contributed by atoms with E-state index in [1.165, 1.54) is 5.56 Å². The SMILES string of the molecule is O=C(NC1c2ccccc2CC1CO)c1ccc(-c2ccnc3[nH]ccc23)cc1. The van der Waals surface area contributed by atoms with Gasteiger partial charge in [-0.2, -0.15) is 0 Å². The molecule has 2 atom stereocenters. The lowest BCUT2D eigenvalue weighted by molar-refractivity contribution is 0.0911. The third-order valence-corrected chi connectivity index (χ3v) is 5.78. The Bertz CT molecular complexity index is 1180. The number of fused-ring (bicyclic) bond motifs is 2. The lowest BCUT2D eigenvalue weighted by Gasteiger charge is -2.20. The normalized spacial score (nSPS) is 18.0. The summed E-state index contributed by atoms with van der Waals surface area (Å²) in [5.41, 5.74) is 5.86. The number of amides is 1. The van der Waals surface area contributed by atoms with Gasteiger partial charge >= 0.3 is 0 Å². The zero-order chi connectivity index (χ0) is 19.8. The Kier molecular flexibility index (Phi) is 4.37. The molecule has 2 aromatic heterocycles. The molecular weight excluding hydrogens is 362 g/mol. The Labute approximate surface area is 168 Å². The Morgan fingerprint density at radius 3 is 2.76 bits per heavy atom. The molecule has 0 fully saturated rings. The number of hydrogen-bond acceptors (Lipinski definition) is 3. The highest BCUT2D eigenvalue weighted by atomic mass is 16.3. The molecule has 2 heterocycles.